The molecule has 0 unspecified atom stereocenters. The Hall–Kier alpha value is -2.64. The second kappa shape index (κ2) is 6.59. The number of halogens is 1. The van der Waals surface area contributed by atoms with E-state index in [0.29, 0.717) is 33.9 Å². The van der Waals surface area contributed by atoms with Crippen molar-refractivity contribution in [2.24, 2.45) is 0 Å². The Kier molecular flexibility index (Phi) is 4.26. The van der Waals surface area contributed by atoms with Gasteiger partial charge in [-0.2, -0.15) is 0 Å². The highest BCUT2D eigenvalue weighted by Gasteiger charge is 2.15. The lowest BCUT2D eigenvalue weighted by Gasteiger charge is -2.05. The molecular formula is C19H16FN3O2S. The van der Waals surface area contributed by atoms with E-state index in [1.54, 1.807) is 20.4 Å². The van der Waals surface area contributed by atoms with Gasteiger partial charge in [0, 0.05) is 18.7 Å². The highest BCUT2D eigenvalue weighted by atomic mass is 32.1. The average molecular weight is 369 g/mol. The summed E-state index contributed by atoms with van der Waals surface area (Å²) in [6, 6.07) is 6.71. The Balaban J connectivity index is 1.93. The van der Waals surface area contributed by atoms with Gasteiger partial charge in [0.25, 0.3) is 0 Å². The summed E-state index contributed by atoms with van der Waals surface area (Å²) in [5, 5.41) is 0.703. The normalized spacial score (nSPS) is 11.4. The fourth-order valence-electron chi connectivity index (χ4n) is 2.91. The Labute approximate surface area is 153 Å². The van der Waals surface area contributed by atoms with E-state index in [-0.39, 0.29) is 5.82 Å². The highest BCUT2D eigenvalue weighted by molar-refractivity contribution is 7.21. The molecular weight excluding hydrogens is 353 g/mol. The van der Waals surface area contributed by atoms with Crippen LogP contribution >= 0.6 is 11.3 Å². The molecule has 0 bridgehead atoms. The lowest BCUT2D eigenvalue weighted by Crippen LogP contribution is -1.96. The quantitative estimate of drug-likeness (QED) is 0.530. The molecule has 0 saturated heterocycles. The molecule has 0 N–H and O–H groups in total. The number of rotatable bonds is 4. The fraction of sp³-hybridized carbons (Fsp3) is 0.211. The first kappa shape index (κ1) is 16.8. The molecule has 0 aliphatic heterocycles. The molecule has 2 heterocycles. The predicted octanol–water partition coefficient (Wildman–Crippen LogP) is 4.51. The second-order valence-corrected chi connectivity index (χ2v) is 6.96. The molecule has 132 valence electrons. The van der Waals surface area contributed by atoms with E-state index in [1.807, 2.05) is 19.1 Å². The first-order valence-corrected chi connectivity index (χ1v) is 8.80. The van der Waals surface area contributed by atoms with Gasteiger partial charge in [-0.1, -0.05) is 0 Å². The number of nitrogens with zero attached hydrogens (tertiary/aromatic N) is 3. The van der Waals surface area contributed by atoms with Crippen molar-refractivity contribution in [3.63, 3.8) is 0 Å². The first-order chi connectivity index (χ1) is 12.6. The number of fused-ring (bicyclic) bond motifs is 2. The summed E-state index contributed by atoms with van der Waals surface area (Å²) in [5.41, 5.74) is 4.29. The van der Waals surface area contributed by atoms with Gasteiger partial charge in [-0.25, -0.2) is 14.4 Å². The minimum Gasteiger partial charge on any atom is -0.497 e. The van der Waals surface area contributed by atoms with Crippen LogP contribution in [-0.2, 0) is 11.3 Å². The van der Waals surface area contributed by atoms with Crippen LogP contribution in [-0.4, -0.2) is 29.2 Å². The van der Waals surface area contributed by atoms with Crippen LogP contribution < -0.4 is 4.74 Å². The van der Waals surface area contributed by atoms with Gasteiger partial charge in [-0.05, 0) is 30.7 Å². The summed E-state index contributed by atoms with van der Waals surface area (Å²) in [7, 11) is 3.22. The maximum atomic E-state index is 14.2. The van der Waals surface area contributed by atoms with E-state index in [9.17, 15) is 4.39 Å². The molecule has 4 aromatic rings. The van der Waals surface area contributed by atoms with E-state index in [4.69, 9.17) is 14.5 Å². The number of aromatic nitrogens is 3. The molecule has 0 spiro atoms. The van der Waals surface area contributed by atoms with Gasteiger partial charge < -0.3 is 9.47 Å². The van der Waals surface area contributed by atoms with E-state index >= 15 is 0 Å². The Morgan fingerprint density at radius 3 is 2.69 bits per heavy atom. The van der Waals surface area contributed by atoms with Gasteiger partial charge >= 0.3 is 0 Å². The van der Waals surface area contributed by atoms with Crippen LogP contribution in [0.3, 0.4) is 0 Å². The van der Waals surface area contributed by atoms with E-state index in [2.05, 4.69) is 9.97 Å². The third kappa shape index (κ3) is 2.89. The Morgan fingerprint density at radius 1 is 1.08 bits per heavy atom. The van der Waals surface area contributed by atoms with Crippen molar-refractivity contribution in [3.8, 4) is 16.3 Å². The highest BCUT2D eigenvalue weighted by Crippen LogP contribution is 2.36. The molecule has 26 heavy (non-hydrogen) atoms. The molecule has 5 nitrogen and oxygen atoms in total. The van der Waals surface area contributed by atoms with Gasteiger partial charge in [-0.15, -0.1) is 11.3 Å². The van der Waals surface area contributed by atoms with E-state index < -0.39 is 0 Å². The molecule has 2 aromatic heterocycles. The monoisotopic (exact) mass is 369 g/mol. The van der Waals surface area contributed by atoms with Crippen molar-refractivity contribution in [2.75, 3.05) is 14.2 Å². The molecule has 0 saturated carbocycles. The number of ether oxygens (including phenoxy) is 2. The standard InChI is InChI=1S/C19H16FN3O2S/c1-10-4-13(25-3)7-16-17(10)23-19(26-16)14-5-11(20)6-15-18(14)21-8-12(22-15)9-24-2/h4-8H,9H2,1-3H3. The van der Waals surface area contributed by atoms with Crippen LogP contribution in [0.1, 0.15) is 11.3 Å². The maximum Gasteiger partial charge on any atom is 0.126 e. The fourth-order valence-corrected chi connectivity index (χ4v) is 4.00. The number of hydrogen-bond acceptors (Lipinski definition) is 6. The summed E-state index contributed by atoms with van der Waals surface area (Å²) >= 11 is 1.48. The van der Waals surface area contributed by atoms with Crippen LogP contribution in [0.2, 0.25) is 0 Å². The number of benzene rings is 2. The smallest absolute Gasteiger partial charge is 0.126 e. The van der Waals surface area contributed by atoms with Gasteiger partial charge in [0.05, 0.1) is 46.9 Å². The van der Waals surface area contributed by atoms with Gasteiger partial charge in [-0.3, -0.25) is 4.98 Å². The number of thiazole rings is 1. The third-order valence-corrected chi connectivity index (χ3v) is 5.11. The van der Waals surface area contributed by atoms with Crippen LogP contribution in [0.25, 0.3) is 31.8 Å². The zero-order valence-corrected chi connectivity index (χ0v) is 15.4. The van der Waals surface area contributed by atoms with Crippen molar-refractivity contribution in [3.05, 3.63) is 47.5 Å². The molecule has 0 aliphatic rings. The predicted molar refractivity (Wildman–Crippen MR) is 100 cm³/mol. The first-order valence-electron chi connectivity index (χ1n) is 7.98. The largest absolute Gasteiger partial charge is 0.497 e. The van der Waals surface area contributed by atoms with Crippen LogP contribution in [0, 0.1) is 12.7 Å². The summed E-state index contributed by atoms with van der Waals surface area (Å²) in [6.45, 7) is 2.31. The van der Waals surface area contributed by atoms with Crippen LogP contribution in [0.15, 0.2) is 30.5 Å². The van der Waals surface area contributed by atoms with Crippen molar-refractivity contribution in [1.82, 2.24) is 15.0 Å². The average Bonchev–Trinajstić information content (AvgIpc) is 3.05. The van der Waals surface area contributed by atoms with Crippen LogP contribution in [0.5, 0.6) is 5.75 Å². The van der Waals surface area contributed by atoms with Crippen molar-refractivity contribution < 1.29 is 13.9 Å². The molecule has 0 atom stereocenters. The molecule has 7 heteroatoms. The lowest BCUT2D eigenvalue weighted by molar-refractivity contribution is 0.181. The molecule has 0 radical (unpaired) electrons. The van der Waals surface area contributed by atoms with Crippen molar-refractivity contribution in [1.29, 1.82) is 0 Å². The van der Waals surface area contributed by atoms with Crippen molar-refractivity contribution >= 4 is 32.6 Å². The summed E-state index contributed by atoms with van der Waals surface area (Å²) in [4.78, 5) is 13.6. The summed E-state index contributed by atoms with van der Waals surface area (Å²) < 4.78 is 25.6. The SMILES string of the molecule is COCc1cnc2c(-c3nc4c(C)cc(OC)cc4s3)cc(F)cc2n1. The molecule has 0 amide bonds. The van der Waals surface area contributed by atoms with E-state index in [0.717, 1.165) is 21.5 Å². The molecule has 0 fully saturated rings. The Morgan fingerprint density at radius 2 is 1.92 bits per heavy atom. The zero-order valence-electron chi connectivity index (χ0n) is 14.5. The third-order valence-electron chi connectivity index (χ3n) is 4.08. The maximum absolute atomic E-state index is 14.2. The van der Waals surface area contributed by atoms with Gasteiger partial charge in [0.15, 0.2) is 0 Å². The van der Waals surface area contributed by atoms with Gasteiger partial charge in [0.1, 0.15) is 16.6 Å². The topological polar surface area (TPSA) is 57.1 Å². The van der Waals surface area contributed by atoms with E-state index in [1.165, 1.54) is 23.5 Å². The summed E-state index contributed by atoms with van der Waals surface area (Å²) in [6.07, 6.45) is 1.65. The van der Waals surface area contributed by atoms with Gasteiger partial charge in [0.2, 0.25) is 0 Å². The number of methoxy groups -OCH3 is 2. The van der Waals surface area contributed by atoms with Crippen LogP contribution in [0.4, 0.5) is 4.39 Å². The molecule has 0 aliphatic carbocycles. The zero-order chi connectivity index (χ0) is 18.3. The summed E-state index contributed by atoms with van der Waals surface area (Å²) in [5.74, 6) is 0.406. The Bertz CT molecular complexity index is 1130. The van der Waals surface area contributed by atoms with Crippen molar-refractivity contribution in [2.45, 2.75) is 13.5 Å². The number of hydrogen-bond donors (Lipinski definition) is 0. The minimum atomic E-state index is -0.370. The lowest BCUT2D eigenvalue weighted by atomic mass is 10.1. The molecule has 2 aromatic carbocycles. The number of aryl methyl sites for hydroxylation is 1. The minimum absolute atomic E-state index is 0.328. The molecule has 4 rings (SSSR count). The second-order valence-electron chi connectivity index (χ2n) is 5.93.